The molecule has 98 valence electrons. The third-order valence-electron chi connectivity index (χ3n) is 2.68. The summed E-state index contributed by atoms with van der Waals surface area (Å²) in [6.45, 7) is 0.325. The molecule has 1 heterocycles. The number of hydrogen-bond donors (Lipinski definition) is 2. The lowest BCUT2D eigenvalue weighted by molar-refractivity contribution is 0.0696. The molecule has 0 unspecified atom stereocenters. The zero-order valence-electron chi connectivity index (χ0n) is 10.3. The van der Waals surface area contributed by atoms with Crippen LogP contribution in [-0.2, 0) is 13.6 Å². The molecule has 0 saturated heterocycles. The maximum Gasteiger partial charge on any atom is 0.335 e. The first-order valence-corrected chi connectivity index (χ1v) is 5.65. The van der Waals surface area contributed by atoms with Gasteiger partial charge >= 0.3 is 5.97 Å². The van der Waals surface area contributed by atoms with Gasteiger partial charge in [0.2, 0.25) is 0 Å². The summed E-state index contributed by atoms with van der Waals surface area (Å²) in [6, 6.07) is 6.35. The molecule has 1 aromatic carbocycles. The summed E-state index contributed by atoms with van der Waals surface area (Å²) >= 11 is 0. The van der Waals surface area contributed by atoms with Crippen molar-refractivity contribution >= 4 is 11.9 Å². The summed E-state index contributed by atoms with van der Waals surface area (Å²) in [6.07, 6.45) is 3.24. The molecule has 2 N–H and O–H groups in total. The Balaban J connectivity index is 1.97. The number of benzene rings is 1. The lowest BCUT2D eigenvalue weighted by Gasteiger charge is -2.05. The molecule has 6 nitrogen and oxygen atoms in total. The Hall–Kier alpha value is -2.63. The number of aromatic nitrogens is 2. The van der Waals surface area contributed by atoms with Crippen LogP contribution in [0.5, 0.6) is 0 Å². The van der Waals surface area contributed by atoms with Gasteiger partial charge in [0.05, 0.1) is 5.56 Å². The number of carbonyl (C=O) groups excluding carboxylic acids is 1. The number of carboxylic acids is 1. The Morgan fingerprint density at radius 3 is 2.53 bits per heavy atom. The van der Waals surface area contributed by atoms with Crippen molar-refractivity contribution in [1.82, 2.24) is 14.9 Å². The molecular formula is C13H13N3O3. The van der Waals surface area contributed by atoms with Gasteiger partial charge in [-0.25, -0.2) is 9.78 Å². The first-order valence-electron chi connectivity index (χ1n) is 5.65. The third kappa shape index (κ3) is 2.98. The molecule has 1 aromatic heterocycles. The van der Waals surface area contributed by atoms with Crippen LogP contribution >= 0.6 is 0 Å². The second kappa shape index (κ2) is 5.34. The van der Waals surface area contributed by atoms with Gasteiger partial charge in [0.25, 0.3) is 5.91 Å². The molecule has 2 rings (SSSR count). The Morgan fingerprint density at radius 2 is 2.00 bits per heavy atom. The van der Waals surface area contributed by atoms with Crippen LogP contribution in [0.25, 0.3) is 0 Å². The number of imidazole rings is 1. The highest BCUT2D eigenvalue weighted by atomic mass is 16.4. The van der Waals surface area contributed by atoms with E-state index in [0.29, 0.717) is 12.4 Å². The quantitative estimate of drug-likeness (QED) is 0.859. The van der Waals surface area contributed by atoms with Crippen LogP contribution in [0.1, 0.15) is 26.5 Å². The summed E-state index contributed by atoms with van der Waals surface area (Å²) < 4.78 is 1.63. The number of nitrogens with zero attached hydrogens (tertiary/aromatic N) is 2. The molecule has 1 amide bonds. The summed E-state index contributed by atoms with van der Waals surface area (Å²) in [5.74, 6) is -0.902. The fraction of sp³-hybridized carbons (Fsp3) is 0.154. The molecule has 0 radical (unpaired) electrons. The SMILES string of the molecule is Cn1ccnc1C(=O)NCc1ccc(C(=O)O)cc1. The van der Waals surface area contributed by atoms with E-state index < -0.39 is 5.97 Å². The average molecular weight is 259 g/mol. The van der Waals surface area contributed by atoms with Crippen molar-refractivity contribution in [2.45, 2.75) is 6.54 Å². The minimum atomic E-state index is -0.969. The number of carbonyl (C=O) groups is 2. The van der Waals surface area contributed by atoms with Gasteiger partial charge in [-0.15, -0.1) is 0 Å². The van der Waals surface area contributed by atoms with Crippen molar-refractivity contribution in [3.05, 3.63) is 53.6 Å². The number of hydrogen-bond acceptors (Lipinski definition) is 3. The second-order valence-corrected chi connectivity index (χ2v) is 4.05. The zero-order chi connectivity index (χ0) is 13.8. The van der Waals surface area contributed by atoms with Crippen LogP contribution in [-0.4, -0.2) is 26.5 Å². The van der Waals surface area contributed by atoms with Gasteiger partial charge in [0.1, 0.15) is 0 Å². The smallest absolute Gasteiger partial charge is 0.335 e. The van der Waals surface area contributed by atoms with Crippen LogP contribution in [0.15, 0.2) is 36.7 Å². The Labute approximate surface area is 109 Å². The lowest BCUT2D eigenvalue weighted by atomic mass is 10.1. The molecule has 0 atom stereocenters. The second-order valence-electron chi connectivity index (χ2n) is 4.05. The number of carboxylic acid groups (broad SMARTS) is 1. The highest BCUT2D eigenvalue weighted by Gasteiger charge is 2.10. The topological polar surface area (TPSA) is 84.2 Å². The summed E-state index contributed by atoms with van der Waals surface area (Å²) in [5, 5.41) is 11.5. The lowest BCUT2D eigenvalue weighted by Crippen LogP contribution is -2.25. The van der Waals surface area contributed by atoms with Crippen LogP contribution < -0.4 is 5.32 Å². The van der Waals surface area contributed by atoms with Gasteiger partial charge in [-0.05, 0) is 17.7 Å². The number of amides is 1. The van der Waals surface area contributed by atoms with Gasteiger partial charge in [-0.2, -0.15) is 0 Å². The molecule has 6 heteroatoms. The minimum absolute atomic E-state index is 0.221. The van der Waals surface area contributed by atoms with Crippen LogP contribution in [0.3, 0.4) is 0 Å². The van der Waals surface area contributed by atoms with Gasteiger partial charge in [0, 0.05) is 26.0 Å². The predicted octanol–water partition coefficient (Wildman–Crippen LogP) is 1.05. The summed E-state index contributed by atoms with van der Waals surface area (Å²) in [4.78, 5) is 26.4. The monoisotopic (exact) mass is 259 g/mol. The highest BCUT2D eigenvalue weighted by molar-refractivity contribution is 5.90. The maximum absolute atomic E-state index is 11.8. The predicted molar refractivity (Wildman–Crippen MR) is 67.8 cm³/mol. The van der Waals surface area contributed by atoms with Crippen molar-refractivity contribution in [1.29, 1.82) is 0 Å². The number of rotatable bonds is 4. The van der Waals surface area contributed by atoms with Crippen molar-refractivity contribution in [2.24, 2.45) is 7.05 Å². The average Bonchev–Trinajstić information content (AvgIpc) is 2.83. The fourth-order valence-corrected chi connectivity index (χ4v) is 1.61. The highest BCUT2D eigenvalue weighted by Crippen LogP contribution is 2.04. The Kier molecular flexibility index (Phi) is 3.61. The Morgan fingerprint density at radius 1 is 1.32 bits per heavy atom. The molecular weight excluding hydrogens is 246 g/mol. The van der Waals surface area contributed by atoms with Gasteiger partial charge in [-0.3, -0.25) is 4.79 Å². The van der Waals surface area contributed by atoms with E-state index >= 15 is 0 Å². The molecule has 0 aliphatic rings. The van der Waals surface area contributed by atoms with Crippen LogP contribution in [0.4, 0.5) is 0 Å². The molecule has 0 spiro atoms. The van der Waals surface area contributed by atoms with Crippen LogP contribution in [0, 0.1) is 0 Å². The van der Waals surface area contributed by atoms with E-state index in [4.69, 9.17) is 5.11 Å². The van der Waals surface area contributed by atoms with Gasteiger partial charge < -0.3 is 15.0 Å². The number of aromatic carboxylic acids is 1. The molecule has 0 aliphatic heterocycles. The normalized spacial score (nSPS) is 10.2. The summed E-state index contributed by atoms with van der Waals surface area (Å²) in [7, 11) is 1.74. The first-order chi connectivity index (χ1) is 9.08. The van der Waals surface area contributed by atoms with Crippen molar-refractivity contribution in [3.63, 3.8) is 0 Å². The van der Waals surface area contributed by atoms with E-state index in [-0.39, 0.29) is 11.5 Å². The van der Waals surface area contributed by atoms with Crippen molar-refractivity contribution < 1.29 is 14.7 Å². The van der Waals surface area contributed by atoms with E-state index in [1.165, 1.54) is 12.1 Å². The van der Waals surface area contributed by atoms with Crippen molar-refractivity contribution in [3.8, 4) is 0 Å². The largest absolute Gasteiger partial charge is 0.478 e. The molecule has 0 bridgehead atoms. The van der Waals surface area contributed by atoms with E-state index in [1.807, 2.05) is 0 Å². The molecule has 2 aromatic rings. The summed E-state index contributed by atoms with van der Waals surface area (Å²) in [5.41, 5.74) is 1.05. The van der Waals surface area contributed by atoms with Crippen LogP contribution in [0.2, 0.25) is 0 Å². The van der Waals surface area contributed by atoms with E-state index in [9.17, 15) is 9.59 Å². The molecule has 0 fully saturated rings. The maximum atomic E-state index is 11.8. The minimum Gasteiger partial charge on any atom is -0.478 e. The molecule has 0 aliphatic carbocycles. The van der Waals surface area contributed by atoms with E-state index in [0.717, 1.165) is 5.56 Å². The number of nitrogens with one attached hydrogen (secondary N) is 1. The van der Waals surface area contributed by atoms with Gasteiger partial charge in [-0.1, -0.05) is 12.1 Å². The standard InChI is InChI=1S/C13H13N3O3/c1-16-7-6-14-11(16)12(17)15-8-9-2-4-10(5-3-9)13(18)19/h2-7H,8H2,1H3,(H,15,17)(H,18,19). The van der Waals surface area contributed by atoms with Crippen molar-refractivity contribution in [2.75, 3.05) is 0 Å². The third-order valence-corrected chi connectivity index (χ3v) is 2.68. The number of aryl methyl sites for hydroxylation is 1. The van der Waals surface area contributed by atoms with E-state index in [1.54, 1.807) is 36.1 Å². The zero-order valence-corrected chi connectivity index (χ0v) is 10.3. The molecule has 19 heavy (non-hydrogen) atoms. The van der Waals surface area contributed by atoms with E-state index in [2.05, 4.69) is 10.3 Å². The first kappa shape index (κ1) is 12.8. The van der Waals surface area contributed by atoms with Gasteiger partial charge in [0.15, 0.2) is 5.82 Å². The molecule has 0 saturated carbocycles. The fourth-order valence-electron chi connectivity index (χ4n) is 1.61. The Bertz CT molecular complexity index is 602.